The number of amides is 2. The normalized spacial score (nSPS) is 17.6. The van der Waals surface area contributed by atoms with Crippen molar-refractivity contribution in [2.45, 2.75) is 13.0 Å². The lowest BCUT2D eigenvalue weighted by molar-refractivity contribution is -0.385. The lowest BCUT2D eigenvalue weighted by Gasteiger charge is -2.27. The average Bonchev–Trinajstić information content (AvgIpc) is 2.46. The number of methoxy groups -OCH3 is 1. The summed E-state index contributed by atoms with van der Waals surface area (Å²) >= 11 is 3.09. The third-order valence-electron chi connectivity index (χ3n) is 3.17. The summed E-state index contributed by atoms with van der Waals surface area (Å²) in [4.78, 5) is 34.1. The summed E-state index contributed by atoms with van der Waals surface area (Å²) < 4.78 is 5.02. The number of halogens is 1. The Labute approximate surface area is 133 Å². The van der Waals surface area contributed by atoms with Crippen molar-refractivity contribution in [3.8, 4) is 0 Å². The monoisotopic (exact) mass is 369 g/mol. The molecule has 0 fully saturated rings. The van der Waals surface area contributed by atoms with E-state index in [1.807, 2.05) is 0 Å². The van der Waals surface area contributed by atoms with Crippen LogP contribution in [0.2, 0.25) is 0 Å². The first-order valence-electron chi connectivity index (χ1n) is 6.15. The molecular formula is C13H12BrN3O5. The molecule has 1 aliphatic rings. The highest BCUT2D eigenvalue weighted by Gasteiger charge is 2.32. The molecule has 116 valence electrons. The number of nitrogens with zero attached hydrogens (tertiary/aromatic N) is 1. The van der Waals surface area contributed by atoms with E-state index < -0.39 is 23.0 Å². The van der Waals surface area contributed by atoms with E-state index in [0.717, 1.165) is 0 Å². The lowest BCUT2D eigenvalue weighted by Crippen LogP contribution is -2.45. The van der Waals surface area contributed by atoms with E-state index in [0.29, 0.717) is 15.7 Å². The van der Waals surface area contributed by atoms with E-state index in [1.54, 1.807) is 13.0 Å². The minimum absolute atomic E-state index is 0.160. The predicted octanol–water partition coefficient (Wildman–Crippen LogP) is 2.16. The highest BCUT2D eigenvalue weighted by molar-refractivity contribution is 9.10. The molecule has 8 nitrogen and oxygen atoms in total. The Balaban J connectivity index is 2.55. The third-order valence-corrected chi connectivity index (χ3v) is 3.85. The smallest absolute Gasteiger partial charge is 0.337 e. The van der Waals surface area contributed by atoms with Gasteiger partial charge in [0.25, 0.3) is 5.69 Å². The molecule has 1 atom stereocenters. The molecule has 0 spiro atoms. The van der Waals surface area contributed by atoms with Gasteiger partial charge in [0, 0.05) is 11.8 Å². The number of nitro groups is 1. The molecule has 0 aliphatic carbocycles. The van der Waals surface area contributed by atoms with Crippen LogP contribution in [0.1, 0.15) is 18.5 Å². The number of rotatable bonds is 3. The maximum Gasteiger partial charge on any atom is 0.337 e. The number of ether oxygens (including phenoxy) is 1. The van der Waals surface area contributed by atoms with E-state index in [2.05, 4.69) is 26.6 Å². The second-order valence-electron chi connectivity index (χ2n) is 4.53. The summed E-state index contributed by atoms with van der Waals surface area (Å²) in [7, 11) is 1.22. The molecule has 0 radical (unpaired) electrons. The van der Waals surface area contributed by atoms with Gasteiger partial charge in [-0.3, -0.25) is 10.1 Å². The van der Waals surface area contributed by atoms with Crippen LogP contribution in [0.3, 0.4) is 0 Å². The highest BCUT2D eigenvalue weighted by Crippen LogP contribution is 2.33. The number of nitro benzene ring substituents is 1. The Morgan fingerprint density at radius 2 is 2.14 bits per heavy atom. The van der Waals surface area contributed by atoms with Gasteiger partial charge in [0.1, 0.15) is 0 Å². The van der Waals surface area contributed by atoms with E-state index in [1.165, 1.54) is 19.2 Å². The van der Waals surface area contributed by atoms with Crippen LogP contribution in [-0.2, 0) is 9.53 Å². The Morgan fingerprint density at radius 3 is 2.73 bits per heavy atom. The van der Waals surface area contributed by atoms with E-state index >= 15 is 0 Å². The van der Waals surface area contributed by atoms with Gasteiger partial charge in [-0.05, 0) is 34.5 Å². The number of hydrogen-bond acceptors (Lipinski definition) is 5. The number of benzene rings is 1. The molecular weight excluding hydrogens is 358 g/mol. The zero-order valence-electron chi connectivity index (χ0n) is 11.7. The number of esters is 1. The van der Waals surface area contributed by atoms with Gasteiger partial charge in [0.2, 0.25) is 0 Å². The number of carbonyl (C=O) groups is 2. The van der Waals surface area contributed by atoms with Crippen LogP contribution in [0.25, 0.3) is 0 Å². The molecule has 2 rings (SSSR count). The Kier molecular flexibility index (Phi) is 4.45. The van der Waals surface area contributed by atoms with Crippen LogP contribution in [0, 0.1) is 10.1 Å². The molecule has 0 unspecified atom stereocenters. The zero-order valence-corrected chi connectivity index (χ0v) is 13.3. The van der Waals surface area contributed by atoms with Gasteiger partial charge < -0.3 is 15.4 Å². The lowest BCUT2D eigenvalue weighted by atomic mass is 9.95. The maximum absolute atomic E-state index is 11.9. The number of hydrogen-bond donors (Lipinski definition) is 2. The quantitative estimate of drug-likeness (QED) is 0.481. The fourth-order valence-electron chi connectivity index (χ4n) is 2.17. The molecule has 22 heavy (non-hydrogen) atoms. The van der Waals surface area contributed by atoms with Gasteiger partial charge in [0.15, 0.2) is 0 Å². The molecule has 2 amide bonds. The third kappa shape index (κ3) is 2.93. The number of allylic oxidation sites excluding steroid dienone is 1. The van der Waals surface area contributed by atoms with E-state index in [9.17, 15) is 19.7 Å². The first-order chi connectivity index (χ1) is 10.3. The van der Waals surface area contributed by atoms with Crippen molar-refractivity contribution in [3.05, 3.63) is 49.6 Å². The fourth-order valence-corrected chi connectivity index (χ4v) is 2.56. The summed E-state index contributed by atoms with van der Waals surface area (Å²) in [5.41, 5.74) is 0.779. The zero-order chi connectivity index (χ0) is 16.4. The molecule has 0 bridgehead atoms. The van der Waals surface area contributed by atoms with Crippen molar-refractivity contribution >= 4 is 33.6 Å². The van der Waals surface area contributed by atoms with E-state index in [4.69, 9.17) is 4.74 Å². The summed E-state index contributed by atoms with van der Waals surface area (Å²) in [6.45, 7) is 1.56. The van der Waals surface area contributed by atoms with Crippen LogP contribution >= 0.6 is 15.9 Å². The molecule has 1 heterocycles. The molecule has 0 saturated heterocycles. The summed E-state index contributed by atoms with van der Waals surface area (Å²) in [6.07, 6.45) is 0. The van der Waals surface area contributed by atoms with Gasteiger partial charge >= 0.3 is 12.0 Å². The summed E-state index contributed by atoms with van der Waals surface area (Å²) in [5, 5.41) is 16.1. The molecule has 1 aliphatic heterocycles. The minimum Gasteiger partial charge on any atom is -0.466 e. The molecule has 2 N–H and O–H groups in total. The summed E-state index contributed by atoms with van der Waals surface area (Å²) in [5.74, 6) is -0.624. The SMILES string of the molecule is COC(=O)C1=C(C)NC(=O)N[C@H]1c1ccc(Br)c([N+](=O)[O-])c1. The van der Waals surface area contributed by atoms with Gasteiger partial charge in [-0.25, -0.2) is 9.59 Å². The van der Waals surface area contributed by atoms with Crippen LogP contribution in [-0.4, -0.2) is 24.0 Å². The van der Waals surface area contributed by atoms with Gasteiger partial charge in [-0.1, -0.05) is 6.07 Å². The molecule has 0 saturated carbocycles. The molecule has 9 heteroatoms. The minimum atomic E-state index is -0.826. The Morgan fingerprint density at radius 1 is 1.45 bits per heavy atom. The summed E-state index contributed by atoms with van der Waals surface area (Å²) in [6, 6.07) is 3.06. The number of carbonyl (C=O) groups excluding carboxylic acids is 2. The second-order valence-corrected chi connectivity index (χ2v) is 5.38. The fraction of sp³-hybridized carbons (Fsp3) is 0.231. The van der Waals surface area contributed by atoms with Crippen molar-refractivity contribution in [2.24, 2.45) is 0 Å². The van der Waals surface area contributed by atoms with Crippen molar-refractivity contribution < 1.29 is 19.2 Å². The molecule has 1 aromatic rings. The standard InChI is InChI=1S/C13H12BrN3O5/c1-6-10(12(18)22-2)11(16-13(19)15-6)7-3-4-8(14)9(5-7)17(20)21/h3-5,11H,1-2H3,(H2,15,16,19)/t11-/m0/s1. The highest BCUT2D eigenvalue weighted by atomic mass is 79.9. The van der Waals surface area contributed by atoms with Crippen molar-refractivity contribution in [3.63, 3.8) is 0 Å². The van der Waals surface area contributed by atoms with Crippen molar-refractivity contribution in [1.29, 1.82) is 0 Å². The van der Waals surface area contributed by atoms with Crippen LogP contribution in [0.4, 0.5) is 10.5 Å². The van der Waals surface area contributed by atoms with Gasteiger partial charge in [-0.2, -0.15) is 0 Å². The van der Waals surface area contributed by atoms with Crippen LogP contribution < -0.4 is 10.6 Å². The van der Waals surface area contributed by atoms with Crippen molar-refractivity contribution in [1.82, 2.24) is 10.6 Å². The molecule has 0 aromatic heterocycles. The second kappa shape index (κ2) is 6.14. The largest absolute Gasteiger partial charge is 0.466 e. The van der Waals surface area contributed by atoms with Crippen molar-refractivity contribution in [2.75, 3.05) is 7.11 Å². The van der Waals surface area contributed by atoms with E-state index in [-0.39, 0.29) is 11.3 Å². The average molecular weight is 370 g/mol. The van der Waals surface area contributed by atoms with Crippen LogP contribution in [0.15, 0.2) is 33.9 Å². The van der Waals surface area contributed by atoms with Crippen LogP contribution in [0.5, 0.6) is 0 Å². The maximum atomic E-state index is 11.9. The first kappa shape index (κ1) is 16.0. The first-order valence-corrected chi connectivity index (χ1v) is 6.95. The number of nitrogens with one attached hydrogen (secondary N) is 2. The topological polar surface area (TPSA) is 111 Å². The Hall–Kier alpha value is -2.42. The molecule has 1 aromatic carbocycles. The van der Waals surface area contributed by atoms with Gasteiger partial charge in [0.05, 0.1) is 28.1 Å². The predicted molar refractivity (Wildman–Crippen MR) is 79.9 cm³/mol. The number of urea groups is 1. The Bertz CT molecular complexity index is 701. The van der Waals surface area contributed by atoms with Gasteiger partial charge in [-0.15, -0.1) is 0 Å².